The van der Waals surface area contributed by atoms with Crippen molar-refractivity contribution in [2.24, 2.45) is 0 Å². The van der Waals surface area contributed by atoms with Crippen molar-refractivity contribution in [3.05, 3.63) is 33.5 Å². The highest BCUT2D eigenvalue weighted by Gasteiger charge is 2.23. The SMILES string of the molecule is Cc1noc(NCC2CCCCN2CCn2nc3c(cc2=O)CCC3)n1. The Bertz CT molecular complexity index is 814. The molecule has 2 aromatic rings. The number of anilines is 1. The first-order chi connectivity index (χ1) is 12.7. The van der Waals surface area contributed by atoms with Crippen LogP contribution in [-0.4, -0.2) is 50.5 Å². The van der Waals surface area contributed by atoms with Gasteiger partial charge in [-0.2, -0.15) is 10.1 Å². The van der Waals surface area contributed by atoms with Crippen molar-refractivity contribution in [1.82, 2.24) is 24.8 Å². The smallest absolute Gasteiger partial charge is 0.321 e. The molecule has 2 aromatic heterocycles. The zero-order valence-electron chi connectivity index (χ0n) is 15.3. The lowest BCUT2D eigenvalue weighted by Crippen LogP contribution is -2.45. The Kier molecular flexibility index (Phi) is 5.01. The van der Waals surface area contributed by atoms with Crippen molar-refractivity contribution in [3.8, 4) is 0 Å². The molecule has 0 aromatic carbocycles. The zero-order valence-corrected chi connectivity index (χ0v) is 15.3. The lowest BCUT2D eigenvalue weighted by Gasteiger charge is -2.35. The number of fused-ring (bicyclic) bond motifs is 1. The second-order valence-electron chi connectivity index (χ2n) is 7.24. The van der Waals surface area contributed by atoms with Gasteiger partial charge in [-0.25, -0.2) is 4.68 Å². The minimum absolute atomic E-state index is 0.0265. The Hall–Kier alpha value is -2.22. The van der Waals surface area contributed by atoms with Crippen LogP contribution in [0.5, 0.6) is 0 Å². The summed E-state index contributed by atoms with van der Waals surface area (Å²) in [5, 5.41) is 11.6. The molecule has 0 amide bonds. The first kappa shape index (κ1) is 17.2. The van der Waals surface area contributed by atoms with E-state index in [1.165, 1.54) is 12.8 Å². The third kappa shape index (κ3) is 3.80. The van der Waals surface area contributed by atoms with Gasteiger partial charge >= 0.3 is 6.01 Å². The first-order valence-corrected chi connectivity index (χ1v) is 9.57. The zero-order chi connectivity index (χ0) is 17.9. The number of hydrogen-bond donors (Lipinski definition) is 1. The summed E-state index contributed by atoms with van der Waals surface area (Å²) in [6.07, 6.45) is 6.65. The summed E-state index contributed by atoms with van der Waals surface area (Å²) in [5.74, 6) is 0.634. The van der Waals surface area contributed by atoms with Gasteiger partial charge in [0, 0.05) is 25.2 Å². The number of piperidine rings is 1. The third-order valence-electron chi connectivity index (χ3n) is 5.39. The van der Waals surface area contributed by atoms with Crippen LogP contribution in [0.25, 0.3) is 0 Å². The van der Waals surface area contributed by atoms with E-state index in [4.69, 9.17) is 4.52 Å². The van der Waals surface area contributed by atoms with Crippen LogP contribution in [0, 0.1) is 6.92 Å². The third-order valence-corrected chi connectivity index (χ3v) is 5.39. The van der Waals surface area contributed by atoms with Gasteiger partial charge in [0.2, 0.25) is 0 Å². The average Bonchev–Trinajstić information content (AvgIpc) is 3.27. The molecule has 1 N–H and O–H groups in total. The molecule has 1 saturated heterocycles. The number of hydrogen-bond acceptors (Lipinski definition) is 7. The van der Waals surface area contributed by atoms with Crippen molar-refractivity contribution in [2.45, 2.75) is 58.0 Å². The molecule has 2 aliphatic rings. The van der Waals surface area contributed by atoms with Crippen LogP contribution in [0.1, 0.15) is 42.8 Å². The fourth-order valence-electron chi connectivity index (χ4n) is 3.98. The summed E-state index contributed by atoms with van der Waals surface area (Å²) in [5.41, 5.74) is 2.27. The lowest BCUT2D eigenvalue weighted by molar-refractivity contribution is 0.147. The fraction of sp³-hybridized carbons (Fsp3) is 0.667. The Labute approximate surface area is 152 Å². The van der Waals surface area contributed by atoms with Crippen LogP contribution in [-0.2, 0) is 19.4 Å². The van der Waals surface area contributed by atoms with Gasteiger partial charge in [0.25, 0.3) is 5.56 Å². The molecular weight excluding hydrogens is 332 g/mol. The number of likely N-dealkylation sites (tertiary alicyclic amines) is 1. The van der Waals surface area contributed by atoms with Gasteiger partial charge in [0.1, 0.15) is 0 Å². The molecular formula is C18H26N6O2. The molecule has 1 unspecified atom stereocenters. The summed E-state index contributed by atoms with van der Waals surface area (Å²) in [6, 6.07) is 2.66. The quantitative estimate of drug-likeness (QED) is 0.834. The maximum atomic E-state index is 12.3. The molecule has 8 nitrogen and oxygen atoms in total. The summed E-state index contributed by atoms with van der Waals surface area (Å²) in [7, 11) is 0. The van der Waals surface area contributed by atoms with Crippen LogP contribution in [0.3, 0.4) is 0 Å². The Morgan fingerprint density at radius 3 is 3.04 bits per heavy atom. The highest BCUT2D eigenvalue weighted by molar-refractivity contribution is 5.22. The number of rotatable bonds is 6. The normalized spacial score (nSPS) is 20.3. The number of nitrogens with one attached hydrogen (secondary N) is 1. The van der Waals surface area contributed by atoms with E-state index in [0.717, 1.165) is 56.6 Å². The van der Waals surface area contributed by atoms with E-state index < -0.39 is 0 Å². The minimum Gasteiger partial charge on any atom is -0.336 e. The largest absolute Gasteiger partial charge is 0.336 e. The molecule has 1 atom stereocenters. The minimum atomic E-state index is 0.0265. The Morgan fingerprint density at radius 2 is 2.19 bits per heavy atom. The molecule has 0 radical (unpaired) electrons. The van der Waals surface area contributed by atoms with Crippen LogP contribution in [0.4, 0.5) is 6.01 Å². The predicted molar refractivity (Wildman–Crippen MR) is 97.3 cm³/mol. The molecule has 4 rings (SSSR count). The van der Waals surface area contributed by atoms with E-state index in [1.54, 1.807) is 10.7 Å². The van der Waals surface area contributed by atoms with E-state index in [9.17, 15) is 4.79 Å². The van der Waals surface area contributed by atoms with Crippen molar-refractivity contribution < 1.29 is 4.52 Å². The summed E-state index contributed by atoms with van der Waals surface area (Å²) >= 11 is 0. The molecule has 1 aliphatic carbocycles. The molecule has 0 saturated carbocycles. The molecule has 0 bridgehead atoms. The monoisotopic (exact) mass is 358 g/mol. The number of aromatic nitrogens is 4. The summed E-state index contributed by atoms with van der Waals surface area (Å²) in [6.45, 7) is 5.11. The second kappa shape index (κ2) is 7.57. The molecule has 26 heavy (non-hydrogen) atoms. The number of nitrogens with zero attached hydrogens (tertiary/aromatic N) is 5. The molecule has 3 heterocycles. The second-order valence-corrected chi connectivity index (χ2v) is 7.24. The van der Waals surface area contributed by atoms with Crippen molar-refractivity contribution >= 4 is 6.01 Å². The molecule has 8 heteroatoms. The van der Waals surface area contributed by atoms with Gasteiger partial charge in [-0.3, -0.25) is 9.69 Å². The highest BCUT2D eigenvalue weighted by atomic mass is 16.5. The van der Waals surface area contributed by atoms with Gasteiger partial charge in [0.15, 0.2) is 5.82 Å². The van der Waals surface area contributed by atoms with Gasteiger partial charge in [-0.05, 0) is 51.1 Å². The van der Waals surface area contributed by atoms with E-state index in [-0.39, 0.29) is 5.56 Å². The van der Waals surface area contributed by atoms with E-state index >= 15 is 0 Å². The van der Waals surface area contributed by atoms with Crippen molar-refractivity contribution in [1.29, 1.82) is 0 Å². The topological polar surface area (TPSA) is 89.1 Å². The van der Waals surface area contributed by atoms with Gasteiger partial charge < -0.3 is 9.84 Å². The summed E-state index contributed by atoms with van der Waals surface area (Å²) in [4.78, 5) is 18.9. The average molecular weight is 358 g/mol. The van der Waals surface area contributed by atoms with E-state index in [1.807, 2.05) is 6.92 Å². The van der Waals surface area contributed by atoms with E-state index in [2.05, 4.69) is 25.5 Å². The maximum absolute atomic E-state index is 12.3. The Morgan fingerprint density at radius 1 is 1.27 bits per heavy atom. The van der Waals surface area contributed by atoms with Crippen LogP contribution >= 0.6 is 0 Å². The number of aryl methyl sites for hydroxylation is 3. The van der Waals surface area contributed by atoms with Gasteiger partial charge in [-0.1, -0.05) is 11.6 Å². The van der Waals surface area contributed by atoms with Gasteiger partial charge in [-0.15, -0.1) is 0 Å². The molecule has 140 valence electrons. The lowest BCUT2D eigenvalue weighted by atomic mass is 10.0. The molecule has 0 spiro atoms. The first-order valence-electron chi connectivity index (χ1n) is 9.57. The van der Waals surface area contributed by atoms with Gasteiger partial charge in [0.05, 0.1) is 12.2 Å². The molecule has 1 aliphatic heterocycles. The van der Waals surface area contributed by atoms with Crippen molar-refractivity contribution in [2.75, 3.05) is 25.0 Å². The predicted octanol–water partition coefficient (Wildman–Crippen LogP) is 1.39. The maximum Gasteiger partial charge on any atom is 0.321 e. The fourth-order valence-corrected chi connectivity index (χ4v) is 3.98. The van der Waals surface area contributed by atoms with Crippen molar-refractivity contribution in [3.63, 3.8) is 0 Å². The Balaban J connectivity index is 1.37. The van der Waals surface area contributed by atoms with Crippen LogP contribution in [0.2, 0.25) is 0 Å². The highest BCUT2D eigenvalue weighted by Crippen LogP contribution is 2.19. The van der Waals surface area contributed by atoms with E-state index in [0.29, 0.717) is 24.4 Å². The summed E-state index contributed by atoms with van der Waals surface area (Å²) < 4.78 is 6.78. The van der Waals surface area contributed by atoms with Crippen LogP contribution < -0.4 is 10.9 Å². The van der Waals surface area contributed by atoms with Crippen LogP contribution in [0.15, 0.2) is 15.4 Å². The standard InChI is InChI=1S/C18H26N6O2/c1-13-20-18(26-22-13)19-12-15-6-2-3-8-23(15)9-10-24-17(25)11-14-5-4-7-16(14)21-24/h11,15H,2-10,12H2,1H3,(H,19,20,22). The molecule has 1 fully saturated rings.